The van der Waals surface area contributed by atoms with Gasteiger partial charge < -0.3 is 5.11 Å². The molecule has 0 bridgehead atoms. The Kier molecular flexibility index (Phi) is 2.52. The molecule has 0 saturated carbocycles. The second-order valence-electron chi connectivity index (χ2n) is 2.37. The molecule has 7 nitrogen and oxygen atoms in total. The van der Waals surface area contributed by atoms with E-state index in [4.69, 9.17) is 5.11 Å². The van der Waals surface area contributed by atoms with Crippen LogP contribution < -0.4 is 0 Å². The van der Waals surface area contributed by atoms with Crippen LogP contribution in [0.15, 0.2) is 17.3 Å². The first-order valence-electron chi connectivity index (χ1n) is 3.40. The maximum absolute atomic E-state index is 10.3. The van der Waals surface area contributed by atoms with Gasteiger partial charge in [0.2, 0.25) is 5.75 Å². The molecule has 0 atom stereocenters. The highest BCUT2D eigenvalue weighted by atomic mass is 16.6. The number of hydrogen-bond acceptors (Lipinski definition) is 6. The van der Waals surface area contributed by atoms with E-state index in [0.717, 1.165) is 12.1 Å². The Hall–Kier alpha value is -2.31. The number of nitro groups is 1. The lowest BCUT2D eigenvalue weighted by Gasteiger charge is -1.98. The number of aldehydes is 1. The van der Waals surface area contributed by atoms with Crippen molar-refractivity contribution >= 4 is 17.7 Å². The van der Waals surface area contributed by atoms with E-state index in [0.29, 0.717) is 6.29 Å². The molecule has 0 amide bonds. The Morgan fingerprint density at radius 1 is 1.50 bits per heavy atom. The fourth-order valence-corrected chi connectivity index (χ4v) is 0.902. The van der Waals surface area contributed by atoms with Gasteiger partial charge >= 0.3 is 5.69 Å². The third kappa shape index (κ3) is 1.56. The molecule has 7 heteroatoms. The van der Waals surface area contributed by atoms with Crippen LogP contribution in [0, 0.1) is 15.0 Å². The van der Waals surface area contributed by atoms with Crippen molar-refractivity contribution in [3.05, 3.63) is 32.7 Å². The van der Waals surface area contributed by atoms with Crippen molar-refractivity contribution < 1.29 is 14.8 Å². The molecule has 0 aliphatic carbocycles. The second kappa shape index (κ2) is 3.60. The van der Waals surface area contributed by atoms with Gasteiger partial charge in [-0.25, -0.2) is 0 Å². The monoisotopic (exact) mass is 196 g/mol. The van der Waals surface area contributed by atoms with Crippen molar-refractivity contribution in [2.24, 2.45) is 5.18 Å². The lowest BCUT2D eigenvalue weighted by Crippen LogP contribution is -1.91. The van der Waals surface area contributed by atoms with Gasteiger partial charge in [-0.1, -0.05) is 0 Å². The molecule has 14 heavy (non-hydrogen) atoms. The smallest absolute Gasteiger partial charge is 0.313 e. The van der Waals surface area contributed by atoms with Crippen LogP contribution in [0.1, 0.15) is 10.4 Å². The summed E-state index contributed by atoms with van der Waals surface area (Å²) in [5.41, 5.74) is -1.34. The Morgan fingerprint density at radius 3 is 2.57 bits per heavy atom. The van der Waals surface area contributed by atoms with Gasteiger partial charge in [-0.2, -0.15) is 0 Å². The fraction of sp³-hybridized carbons (Fsp3) is 0. The van der Waals surface area contributed by atoms with Crippen molar-refractivity contribution in [2.75, 3.05) is 0 Å². The van der Waals surface area contributed by atoms with Gasteiger partial charge in [0.1, 0.15) is 6.29 Å². The Morgan fingerprint density at radius 2 is 2.14 bits per heavy atom. The van der Waals surface area contributed by atoms with Crippen molar-refractivity contribution in [3.63, 3.8) is 0 Å². The number of benzene rings is 1. The minimum atomic E-state index is -0.906. The van der Waals surface area contributed by atoms with Crippen LogP contribution in [0.25, 0.3) is 0 Å². The van der Waals surface area contributed by atoms with Crippen LogP contribution in [0.3, 0.4) is 0 Å². The number of phenols is 1. The van der Waals surface area contributed by atoms with Gasteiger partial charge in [0.25, 0.3) is 0 Å². The number of carbonyl (C=O) groups is 1. The van der Waals surface area contributed by atoms with E-state index >= 15 is 0 Å². The Bertz CT molecular complexity index is 415. The van der Waals surface area contributed by atoms with Gasteiger partial charge in [-0.3, -0.25) is 14.9 Å². The highest BCUT2D eigenvalue weighted by Crippen LogP contribution is 2.36. The summed E-state index contributed by atoms with van der Waals surface area (Å²) in [6.45, 7) is 0. The molecule has 0 spiro atoms. The number of aromatic hydroxyl groups is 1. The van der Waals surface area contributed by atoms with E-state index in [1.54, 1.807) is 0 Å². The first-order chi connectivity index (χ1) is 6.60. The molecule has 72 valence electrons. The first kappa shape index (κ1) is 9.78. The SMILES string of the molecule is O=Cc1cc(N=O)c(O)c([N+](=O)[O-])c1. The lowest BCUT2D eigenvalue weighted by molar-refractivity contribution is -0.385. The number of nitro benzene ring substituents is 1. The molecule has 1 N–H and O–H groups in total. The minimum absolute atomic E-state index is 0.0934. The molecular formula is C7H4N2O5. The van der Waals surface area contributed by atoms with Crippen LogP contribution >= 0.6 is 0 Å². The Balaban J connectivity index is 3.49. The molecule has 0 aromatic heterocycles. The first-order valence-corrected chi connectivity index (χ1v) is 3.40. The van der Waals surface area contributed by atoms with E-state index in [1.807, 2.05) is 0 Å². The van der Waals surface area contributed by atoms with Crippen LogP contribution in [-0.4, -0.2) is 16.3 Å². The fourth-order valence-electron chi connectivity index (χ4n) is 0.902. The van der Waals surface area contributed by atoms with Crippen LogP contribution in [-0.2, 0) is 0 Å². The van der Waals surface area contributed by atoms with E-state index in [2.05, 4.69) is 5.18 Å². The number of nitroso groups, excluding NO2 is 1. The molecule has 0 fully saturated rings. The minimum Gasteiger partial charge on any atom is -0.501 e. The molecular weight excluding hydrogens is 192 g/mol. The molecule has 0 radical (unpaired) electrons. The quantitative estimate of drug-likeness (QED) is 0.341. The summed E-state index contributed by atoms with van der Waals surface area (Å²) < 4.78 is 0. The van der Waals surface area contributed by atoms with E-state index < -0.39 is 22.0 Å². The summed E-state index contributed by atoms with van der Waals surface area (Å²) >= 11 is 0. The van der Waals surface area contributed by atoms with Crippen LogP contribution in [0.5, 0.6) is 5.75 Å². The molecule has 0 aliphatic rings. The largest absolute Gasteiger partial charge is 0.501 e. The zero-order valence-electron chi connectivity index (χ0n) is 6.71. The van der Waals surface area contributed by atoms with Gasteiger partial charge in [0.05, 0.1) is 4.92 Å². The highest BCUT2D eigenvalue weighted by molar-refractivity contribution is 5.81. The normalized spacial score (nSPS) is 9.43. The molecule has 0 aliphatic heterocycles. The molecule has 1 aromatic carbocycles. The van der Waals surface area contributed by atoms with E-state index in [1.165, 1.54) is 0 Å². The molecule has 1 aromatic rings. The molecule has 0 heterocycles. The lowest BCUT2D eigenvalue weighted by atomic mass is 10.2. The van der Waals surface area contributed by atoms with E-state index in [-0.39, 0.29) is 5.56 Å². The maximum atomic E-state index is 10.3. The highest BCUT2D eigenvalue weighted by Gasteiger charge is 2.19. The van der Waals surface area contributed by atoms with Crippen molar-refractivity contribution in [1.29, 1.82) is 0 Å². The zero-order valence-corrected chi connectivity index (χ0v) is 6.71. The maximum Gasteiger partial charge on any atom is 0.313 e. The summed E-state index contributed by atoms with van der Waals surface area (Å²) in [7, 11) is 0. The third-order valence-corrected chi connectivity index (χ3v) is 1.52. The van der Waals surface area contributed by atoms with Crippen molar-refractivity contribution in [2.45, 2.75) is 0 Å². The van der Waals surface area contributed by atoms with Crippen molar-refractivity contribution in [1.82, 2.24) is 0 Å². The van der Waals surface area contributed by atoms with Gasteiger partial charge in [0.15, 0.2) is 5.69 Å². The Labute approximate surface area is 77.1 Å². The van der Waals surface area contributed by atoms with Gasteiger partial charge in [-0.05, 0) is 11.2 Å². The summed E-state index contributed by atoms with van der Waals surface area (Å²) in [6.07, 6.45) is 0.321. The molecule has 0 saturated heterocycles. The number of phenolic OH excluding ortho intramolecular Hbond substituents is 1. The summed E-state index contributed by atoms with van der Waals surface area (Å²) in [5.74, 6) is -0.837. The average Bonchev–Trinajstić information content (AvgIpc) is 2.17. The van der Waals surface area contributed by atoms with Gasteiger partial charge in [-0.15, -0.1) is 4.91 Å². The van der Waals surface area contributed by atoms with Crippen LogP contribution in [0.2, 0.25) is 0 Å². The summed E-state index contributed by atoms with van der Waals surface area (Å²) in [4.78, 5) is 29.9. The number of nitrogens with zero attached hydrogens (tertiary/aromatic N) is 2. The summed E-state index contributed by atoms with van der Waals surface area (Å²) in [5, 5.41) is 21.8. The van der Waals surface area contributed by atoms with Crippen molar-refractivity contribution in [3.8, 4) is 5.75 Å². The predicted octanol–water partition coefficient (Wildman–Crippen LogP) is 1.51. The number of carbonyl (C=O) groups excluding carboxylic acids is 1. The predicted molar refractivity (Wildman–Crippen MR) is 45.6 cm³/mol. The standard InChI is InChI=1S/C7H4N2O5/c10-3-4-1-5(8-12)7(11)6(2-4)9(13)14/h1-3,11H. The zero-order chi connectivity index (χ0) is 10.7. The van der Waals surface area contributed by atoms with E-state index in [9.17, 15) is 19.8 Å². The number of hydrogen-bond donors (Lipinski definition) is 1. The number of rotatable bonds is 3. The van der Waals surface area contributed by atoms with Crippen LogP contribution in [0.4, 0.5) is 11.4 Å². The molecule has 0 unspecified atom stereocenters. The summed E-state index contributed by atoms with van der Waals surface area (Å²) in [6, 6.07) is 1.82. The van der Waals surface area contributed by atoms with Gasteiger partial charge in [0, 0.05) is 11.6 Å². The topological polar surface area (TPSA) is 110 Å². The molecule has 1 rings (SSSR count). The second-order valence-corrected chi connectivity index (χ2v) is 2.37. The third-order valence-electron chi connectivity index (χ3n) is 1.52. The average molecular weight is 196 g/mol.